The standard InChI is InChI=1S/C12H16N2O3/c1-7(6-13)11(15)14-10-5-3-4-9(8(10)2)12(16)17/h3-5,7H,6,13H2,1-2H3,(H,14,15)(H,16,17). The highest BCUT2D eigenvalue weighted by atomic mass is 16.4. The summed E-state index contributed by atoms with van der Waals surface area (Å²) in [5.41, 5.74) is 6.62. The van der Waals surface area contributed by atoms with Gasteiger partial charge in [0, 0.05) is 18.2 Å². The van der Waals surface area contributed by atoms with E-state index in [0.29, 0.717) is 11.3 Å². The van der Waals surface area contributed by atoms with E-state index in [0.717, 1.165) is 0 Å². The zero-order valence-corrected chi connectivity index (χ0v) is 9.86. The Bertz CT molecular complexity index is 443. The molecule has 92 valence electrons. The minimum atomic E-state index is -1.01. The molecule has 0 aliphatic rings. The van der Waals surface area contributed by atoms with Crippen molar-refractivity contribution in [2.45, 2.75) is 13.8 Å². The van der Waals surface area contributed by atoms with Crippen molar-refractivity contribution >= 4 is 17.6 Å². The topological polar surface area (TPSA) is 92.4 Å². The molecule has 0 saturated heterocycles. The quantitative estimate of drug-likeness (QED) is 0.733. The van der Waals surface area contributed by atoms with Crippen molar-refractivity contribution in [3.05, 3.63) is 29.3 Å². The number of amides is 1. The van der Waals surface area contributed by atoms with Crippen molar-refractivity contribution in [1.82, 2.24) is 0 Å². The largest absolute Gasteiger partial charge is 0.478 e. The SMILES string of the molecule is Cc1c(NC(=O)C(C)CN)cccc1C(=O)O. The molecule has 1 aromatic carbocycles. The molecule has 0 radical (unpaired) electrons. The molecular formula is C12H16N2O3. The number of benzene rings is 1. The number of carboxylic acid groups (broad SMARTS) is 1. The van der Waals surface area contributed by atoms with Crippen molar-refractivity contribution in [2.24, 2.45) is 11.7 Å². The second-order valence-corrected chi connectivity index (χ2v) is 3.91. The van der Waals surface area contributed by atoms with E-state index in [2.05, 4.69) is 5.32 Å². The van der Waals surface area contributed by atoms with Gasteiger partial charge in [0.1, 0.15) is 0 Å². The molecule has 4 N–H and O–H groups in total. The van der Waals surface area contributed by atoms with E-state index in [1.54, 1.807) is 26.0 Å². The van der Waals surface area contributed by atoms with Gasteiger partial charge < -0.3 is 16.2 Å². The van der Waals surface area contributed by atoms with Gasteiger partial charge in [-0.1, -0.05) is 13.0 Å². The van der Waals surface area contributed by atoms with Crippen LogP contribution in [0.3, 0.4) is 0 Å². The highest BCUT2D eigenvalue weighted by molar-refractivity contribution is 5.96. The average molecular weight is 236 g/mol. The van der Waals surface area contributed by atoms with Crippen LogP contribution in [0.4, 0.5) is 5.69 Å². The molecular weight excluding hydrogens is 220 g/mol. The molecule has 5 heteroatoms. The van der Waals surface area contributed by atoms with Crippen LogP contribution in [0.2, 0.25) is 0 Å². The zero-order chi connectivity index (χ0) is 13.0. The number of carbonyl (C=O) groups is 2. The third-order valence-corrected chi connectivity index (χ3v) is 2.62. The second kappa shape index (κ2) is 5.45. The average Bonchev–Trinajstić information content (AvgIpc) is 2.30. The van der Waals surface area contributed by atoms with Crippen molar-refractivity contribution in [2.75, 3.05) is 11.9 Å². The third kappa shape index (κ3) is 3.04. The molecule has 1 unspecified atom stereocenters. The van der Waals surface area contributed by atoms with Gasteiger partial charge in [0.05, 0.1) is 5.56 Å². The number of aromatic carboxylic acids is 1. The molecule has 0 aromatic heterocycles. The van der Waals surface area contributed by atoms with Crippen LogP contribution < -0.4 is 11.1 Å². The Morgan fingerprint density at radius 3 is 2.65 bits per heavy atom. The smallest absolute Gasteiger partial charge is 0.336 e. The number of nitrogens with two attached hydrogens (primary N) is 1. The molecule has 1 atom stereocenters. The summed E-state index contributed by atoms with van der Waals surface area (Å²) in [6, 6.07) is 4.77. The van der Waals surface area contributed by atoms with Gasteiger partial charge in [-0.05, 0) is 24.6 Å². The molecule has 17 heavy (non-hydrogen) atoms. The predicted molar refractivity (Wildman–Crippen MR) is 65.0 cm³/mol. The predicted octanol–water partition coefficient (Wildman–Crippen LogP) is 1.23. The molecule has 0 aliphatic carbocycles. The third-order valence-electron chi connectivity index (χ3n) is 2.62. The minimum Gasteiger partial charge on any atom is -0.478 e. The fraction of sp³-hybridized carbons (Fsp3) is 0.333. The summed E-state index contributed by atoms with van der Waals surface area (Å²) in [5, 5.41) is 11.6. The zero-order valence-electron chi connectivity index (χ0n) is 9.86. The lowest BCUT2D eigenvalue weighted by Crippen LogP contribution is -2.27. The van der Waals surface area contributed by atoms with E-state index in [9.17, 15) is 9.59 Å². The lowest BCUT2D eigenvalue weighted by molar-refractivity contribution is -0.119. The molecule has 0 aliphatic heterocycles. The van der Waals surface area contributed by atoms with Crippen LogP contribution in [0.15, 0.2) is 18.2 Å². The Morgan fingerprint density at radius 2 is 2.12 bits per heavy atom. The number of carboxylic acids is 1. The fourth-order valence-electron chi connectivity index (χ4n) is 1.37. The van der Waals surface area contributed by atoms with E-state index in [-0.39, 0.29) is 23.9 Å². The summed E-state index contributed by atoms with van der Waals surface area (Å²) < 4.78 is 0. The second-order valence-electron chi connectivity index (χ2n) is 3.91. The first-order valence-electron chi connectivity index (χ1n) is 5.31. The highest BCUT2D eigenvalue weighted by Gasteiger charge is 2.14. The fourth-order valence-corrected chi connectivity index (χ4v) is 1.37. The van der Waals surface area contributed by atoms with Crippen LogP contribution in [0.25, 0.3) is 0 Å². The molecule has 1 aromatic rings. The van der Waals surface area contributed by atoms with Gasteiger partial charge >= 0.3 is 5.97 Å². The lowest BCUT2D eigenvalue weighted by atomic mass is 10.1. The first-order valence-corrected chi connectivity index (χ1v) is 5.31. The van der Waals surface area contributed by atoms with E-state index in [1.165, 1.54) is 6.07 Å². The van der Waals surface area contributed by atoms with Crippen molar-refractivity contribution in [3.8, 4) is 0 Å². The maximum Gasteiger partial charge on any atom is 0.336 e. The Hall–Kier alpha value is -1.88. The molecule has 0 spiro atoms. The lowest BCUT2D eigenvalue weighted by Gasteiger charge is -2.13. The molecule has 0 heterocycles. The Morgan fingerprint density at radius 1 is 1.47 bits per heavy atom. The van der Waals surface area contributed by atoms with Gasteiger partial charge in [-0.2, -0.15) is 0 Å². The van der Waals surface area contributed by atoms with Gasteiger partial charge in [0.2, 0.25) is 5.91 Å². The Labute approximate surface area is 99.6 Å². The molecule has 0 saturated carbocycles. The van der Waals surface area contributed by atoms with Crippen LogP contribution in [0, 0.1) is 12.8 Å². The van der Waals surface area contributed by atoms with Crippen LogP contribution in [-0.4, -0.2) is 23.5 Å². The van der Waals surface area contributed by atoms with E-state index in [4.69, 9.17) is 10.8 Å². The van der Waals surface area contributed by atoms with Crippen LogP contribution in [0.5, 0.6) is 0 Å². The summed E-state index contributed by atoms with van der Waals surface area (Å²) in [6.07, 6.45) is 0. The van der Waals surface area contributed by atoms with Gasteiger partial charge in [0.15, 0.2) is 0 Å². The van der Waals surface area contributed by atoms with Crippen LogP contribution in [0.1, 0.15) is 22.8 Å². The van der Waals surface area contributed by atoms with Gasteiger partial charge in [-0.25, -0.2) is 4.79 Å². The van der Waals surface area contributed by atoms with Crippen molar-refractivity contribution in [1.29, 1.82) is 0 Å². The monoisotopic (exact) mass is 236 g/mol. The summed E-state index contributed by atoms with van der Waals surface area (Å²) >= 11 is 0. The Balaban J connectivity index is 2.96. The summed E-state index contributed by atoms with van der Waals surface area (Å²) in [6.45, 7) is 3.63. The van der Waals surface area contributed by atoms with Crippen molar-refractivity contribution in [3.63, 3.8) is 0 Å². The number of carbonyl (C=O) groups excluding carboxylic acids is 1. The number of anilines is 1. The number of rotatable bonds is 4. The molecule has 0 fully saturated rings. The van der Waals surface area contributed by atoms with Gasteiger partial charge in [-0.3, -0.25) is 4.79 Å². The Kier molecular flexibility index (Phi) is 4.23. The molecule has 1 rings (SSSR count). The van der Waals surface area contributed by atoms with Gasteiger partial charge in [-0.15, -0.1) is 0 Å². The maximum atomic E-state index is 11.6. The van der Waals surface area contributed by atoms with Crippen molar-refractivity contribution < 1.29 is 14.7 Å². The van der Waals surface area contributed by atoms with Gasteiger partial charge in [0.25, 0.3) is 0 Å². The van der Waals surface area contributed by atoms with Crippen LogP contribution in [-0.2, 0) is 4.79 Å². The highest BCUT2D eigenvalue weighted by Crippen LogP contribution is 2.19. The minimum absolute atomic E-state index is 0.184. The first-order chi connectivity index (χ1) is 7.97. The number of nitrogens with one attached hydrogen (secondary N) is 1. The number of hydrogen-bond donors (Lipinski definition) is 3. The molecule has 1 amide bonds. The van der Waals surface area contributed by atoms with E-state index < -0.39 is 5.97 Å². The van der Waals surface area contributed by atoms with E-state index >= 15 is 0 Å². The summed E-state index contributed by atoms with van der Waals surface area (Å²) in [7, 11) is 0. The molecule has 0 bridgehead atoms. The molecule has 5 nitrogen and oxygen atoms in total. The summed E-state index contributed by atoms with van der Waals surface area (Å²) in [4.78, 5) is 22.6. The summed E-state index contributed by atoms with van der Waals surface area (Å²) in [5.74, 6) is -1.52. The maximum absolute atomic E-state index is 11.6. The number of hydrogen-bond acceptors (Lipinski definition) is 3. The van der Waals surface area contributed by atoms with E-state index in [1.807, 2.05) is 0 Å². The first kappa shape index (κ1) is 13.2. The van der Waals surface area contributed by atoms with Crippen LogP contribution >= 0.6 is 0 Å². The normalized spacial score (nSPS) is 11.9.